The van der Waals surface area contributed by atoms with Crippen LogP contribution in [0.5, 0.6) is 0 Å². The lowest BCUT2D eigenvalue weighted by Crippen LogP contribution is -1.99. The molecule has 0 bridgehead atoms. The molecule has 2 aromatic rings. The van der Waals surface area contributed by atoms with Gasteiger partial charge in [0.1, 0.15) is 0 Å². The van der Waals surface area contributed by atoms with Crippen LogP contribution in [-0.4, -0.2) is 22.8 Å². The van der Waals surface area contributed by atoms with Gasteiger partial charge in [0.25, 0.3) is 0 Å². The van der Waals surface area contributed by atoms with Gasteiger partial charge in [-0.05, 0) is 20.8 Å². The lowest BCUT2D eigenvalue weighted by molar-refractivity contribution is -0.136. The maximum absolute atomic E-state index is 9.37. The Morgan fingerprint density at radius 3 is 1.21 bits per heavy atom. The number of hydrogen-bond acceptors (Lipinski definition) is 6. The SMILES string of the molecule is CC1(c2ccccc2)N=N1.CC1(c2ccccc2)N=N1.CCC(=O)O.CCO. The highest BCUT2D eigenvalue weighted by atomic mass is 16.4. The number of aliphatic carboxylic acids is 1. The van der Waals surface area contributed by atoms with Crippen LogP contribution in [0.4, 0.5) is 0 Å². The predicted molar refractivity (Wildman–Crippen MR) is 108 cm³/mol. The van der Waals surface area contributed by atoms with E-state index in [1.165, 1.54) is 11.1 Å². The smallest absolute Gasteiger partial charge is 0.303 e. The first-order valence-corrected chi connectivity index (χ1v) is 9.13. The number of rotatable bonds is 3. The summed E-state index contributed by atoms with van der Waals surface area (Å²) in [6.45, 7) is 7.53. The van der Waals surface area contributed by atoms with Gasteiger partial charge in [-0.2, -0.15) is 20.5 Å². The summed E-state index contributed by atoms with van der Waals surface area (Å²) in [5.41, 5.74) is 1.94. The molecule has 7 heteroatoms. The number of carbonyl (C=O) groups is 1. The van der Waals surface area contributed by atoms with Gasteiger partial charge < -0.3 is 10.2 Å². The molecular formula is C21H28N4O3. The third-order valence-corrected chi connectivity index (χ3v) is 3.74. The molecule has 2 heterocycles. The molecule has 4 rings (SSSR count). The van der Waals surface area contributed by atoms with Crippen molar-refractivity contribution < 1.29 is 15.0 Å². The molecule has 0 radical (unpaired) electrons. The van der Waals surface area contributed by atoms with E-state index >= 15 is 0 Å². The van der Waals surface area contributed by atoms with Crippen molar-refractivity contribution in [3.05, 3.63) is 71.8 Å². The minimum atomic E-state index is -0.745. The van der Waals surface area contributed by atoms with E-state index in [0.717, 1.165) is 0 Å². The van der Waals surface area contributed by atoms with Crippen LogP contribution in [0.1, 0.15) is 45.2 Å². The predicted octanol–water partition coefficient (Wildman–Crippen LogP) is 5.13. The number of hydrogen-bond donors (Lipinski definition) is 2. The van der Waals surface area contributed by atoms with Crippen molar-refractivity contribution in [2.75, 3.05) is 6.61 Å². The Hall–Kier alpha value is -2.93. The molecule has 0 saturated heterocycles. The second-order valence-corrected chi connectivity index (χ2v) is 6.24. The number of carboxylic acid groups (broad SMARTS) is 1. The molecule has 0 spiro atoms. The molecule has 0 unspecified atom stereocenters. The Labute approximate surface area is 165 Å². The summed E-state index contributed by atoms with van der Waals surface area (Å²) in [5.74, 6) is -0.745. The van der Waals surface area contributed by atoms with Crippen LogP contribution in [0.3, 0.4) is 0 Å². The first-order valence-electron chi connectivity index (χ1n) is 9.13. The first-order chi connectivity index (χ1) is 13.3. The summed E-state index contributed by atoms with van der Waals surface area (Å²) < 4.78 is 0. The molecule has 0 atom stereocenters. The van der Waals surface area contributed by atoms with Crippen LogP contribution < -0.4 is 0 Å². The van der Waals surface area contributed by atoms with Gasteiger partial charge in [0.15, 0.2) is 0 Å². The van der Waals surface area contributed by atoms with Crippen molar-refractivity contribution in [1.82, 2.24) is 0 Å². The fraction of sp³-hybridized carbons (Fsp3) is 0.381. The van der Waals surface area contributed by atoms with Crippen molar-refractivity contribution in [2.24, 2.45) is 20.5 Å². The normalized spacial score (nSPS) is 15.5. The van der Waals surface area contributed by atoms with Crippen LogP contribution in [0, 0.1) is 0 Å². The number of nitrogens with zero attached hydrogens (tertiary/aromatic N) is 4. The molecule has 2 N–H and O–H groups in total. The van der Waals surface area contributed by atoms with Gasteiger partial charge in [-0.3, -0.25) is 4.79 Å². The third kappa shape index (κ3) is 8.18. The molecule has 0 saturated carbocycles. The van der Waals surface area contributed by atoms with Gasteiger partial charge in [0.05, 0.1) is 0 Å². The lowest BCUT2D eigenvalue weighted by atomic mass is 10.1. The molecule has 0 aromatic heterocycles. The van der Waals surface area contributed by atoms with Crippen molar-refractivity contribution in [3.63, 3.8) is 0 Å². The number of aliphatic hydroxyl groups excluding tert-OH is 1. The van der Waals surface area contributed by atoms with E-state index in [4.69, 9.17) is 10.2 Å². The van der Waals surface area contributed by atoms with E-state index in [9.17, 15) is 4.79 Å². The summed E-state index contributed by atoms with van der Waals surface area (Å²) in [7, 11) is 0. The Morgan fingerprint density at radius 1 is 0.786 bits per heavy atom. The molecule has 150 valence electrons. The summed E-state index contributed by atoms with van der Waals surface area (Å²) in [4.78, 5) is 9.37. The average Bonchev–Trinajstić information content (AvgIpc) is 3.64. The highest BCUT2D eigenvalue weighted by Gasteiger charge is 2.36. The van der Waals surface area contributed by atoms with Crippen LogP contribution in [0.2, 0.25) is 0 Å². The lowest BCUT2D eigenvalue weighted by Gasteiger charge is -2.00. The minimum Gasteiger partial charge on any atom is -0.481 e. The van der Waals surface area contributed by atoms with E-state index in [2.05, 4.69) is 20.5 Å². The van der Waals surface area contributed by atoms with Gasteiger partial charge >= 0.3 is 5.97 Å². The molecule has 0 amide bonds. The second-order valence-electron chi connectivity index (χ2n) is 6.24. The topological polar surface area (TPSA) is 107 Å². The molecule has 7 nitrogen and oxygen atoms in total. The zero-order valence-corrected chi connectivity index (χ0v) is 16.8. The largest absolute Gasteiger partial charge is 0.481 e. The third-order valence-electron chi connectivity index (χ3n) is 3.74. The summed E-state index contributed by atoms with van der Waals surface area (Å²) in [6, 6.07) is 20.2. The van der Waals surface area contributed by atoms with E-state index in [1.807, 2.05) is 74.5 Å². The maximum Gasteiger partial charge on any atom is 0.303 e. The van der Waals surface area contributed by atoms with Gasteiger partial charge in [-0.25, -0.2) is 0 Å². The number of carboxylic acids is 1. The number of benzene rings is 2. The first kappa shape index (κ1) is 23.1. The van der Waals surface area contributed by atoms with Crippen LogP contribution in [0.25, 0.3) is 0 Å². The van der Waals surface area contributed by atoms with Crippen molar-refractivity contribution >= 4 is 5.97 Å². The van der Waals surface area contributed by atoms with E-state index in [1.54, 1.807) is 13.8 Å². The van der Waals surface area contributed by atoms with Gasteiger partial charge in [0.2, 0.25) is 11.3 Å². The van der Waals surface area contributed by atoms with Crippen LogP contribution in [0.15, 0.2) is 81.1 Å². The second kappa shape index (κ2) is 11.0. The van der Waals surface area contributed by atoms with E-state index in [-0.39, 0.29) is 24.4 Å². The zero-order chi connectivity index (χ0) is 21.0. The summed E-state index contributed by atoms with van der Waals surface area (Å²) in [6.07, 6.45) is 0.222. The summed E-state index contributed by atoms with van der Waals surface area (Å²) in [5, 5.41) is 31.0. The highest BCUT2D eigenvalue weighted by Crippen LogP contribution is 2.38. The van der Waals surface area contributed by atoms with Crippen LogP contribution >= 0.6 is 0 Å². The summed E-state index contributed by atoms with van der Waals surface area (Å²) >= 11 is 0. The molecule has 28 heavy (non-hydrogen) atoms. The van der Waals surface area contributed by atoms with Gasteiger partial charge in [-0.15, -0.1) is 0 Å². The van der Waals surface area contributed by atoms with Gasteiger partial charge in [-0.1, -0.05) is 67.6 Å². The Morgan fingerprint density at radius 2 is 1.04 bits per heavy atom. The van der Waals surface area contributed by atoms with Crippen molar-refractivity contribution in [3.8, 4) is 0 Å². The molecular weight excluding hydrogens is 356 g/mol. The molecule has 0 fully saturated rings. The van der Waals surface area contributed by atoms with E-state index < -0.39 is 5.97 Å². The molecule has 2 aliphatic heterocycles. The Balaban J connectivity index is 0.000000207. The van der Waals surface area contributed by atoms with Crippen molar-refractivity contribution in [2.45, 2.75) is 45.4 Å². The fourth-order valence-corrected chi connectivity index (χ4v) is 1.89. The standard InChI is InChI=1S/2C8H8N2.C3H6O2.C2H6O/c2*1-8(9-10-8)7-5-3-2-4-6-7;1-2-3(4)5;1-2-3/h2*2-6H,1H3;2H2,1H3,(H,4,5);3H,2H2,1H3. The van der Waals surface area contributed by atoms with Crippen LogP contribution in [-0.2, 0) is 16.1 Å². The van der Waals surface area contributed by atoms with Crippen molar-refractivity contribution in [1.29, 1.82) is 0 Å². The Bertz CT molecular complexity index is 705. The average molecular weight is 384 g/mol. The Kier molecular flexibility index (Phi) is 9.11. The van der Waals surface area contributed by atoms with Gasteiger partial charge in [0, 0.05) is 24.2 Å². The minimum absolute atomic E-state index is 0.207. The maximum atomic E-state index is 9.37. The fourth-order valence-electron chi connectivity index (χ4n) is 1.89. The number of aliphatic hydroxyl groups is 1. The quantitative estimate of drug-likeness (QED) is 0.766. The molecule has 2 aliphatic rings. The zero-order valence-electron chi connectivity index (χ0n) is 16.8. The molecule has 0 aliphatic carbocycles. The highest BCUT2D eigenvalue weighted by molar-refractivity contribution is 5.66. The molecule has 2 aromatic carbocycles. The monoisotopic (exact) mass is 384 g/mol. The van der Waals surface area contributed by atoms with E-state index in [0.29, 0.717) is 0 Å².